The fraction of sp³-hybridized carbons (Fsp3) is 0.867. The second-order valence-electron chi connectivity index (χ2n) is 10.7. The van der Waals surface area contributed by atoms with Crippen molar-refractivity contribution in [3.05, 3.63) is 24.3 Å². The van der Waals surface area contributed by atoms with Crippen LogP contribution in [0.1, 0.15) is 129 Å². The number of allylic oxidation sites excluding steroid dienone is 2. The third kappa shape index (κ3) is 12.9. The molecule has 0 unspecified atom stereocenters. The van der Waals surface area contributed by atoms with Gasteiger partial charge in [-0.1, -0.05) is 102 Å². The van der Waals surface area contributed by atoms with Crippen LogP contribution in [-0.4, -0.2) is 13.2 Å². The summed E-state index contributed by atoms with van der Waals surface area (Å²) in [5.41, 5.74) is 0. The normalized spacial score (nSPS) is 27.4. The van der Waals surface area contributed by atoms with Crippen molar-refractivity contribution in [3.8, 4) is 0 Å². The lowest BCUT2D eigenvalue weighted by Crippen LogP contribution is -2.13. The molecular formula is C30H54O. The van der Waals surface area contributed by atoms with Crippen molar-refractivity contribution < 1.29 is 4.74 Å². The van der Waals surface area contributed by atoms with Crippen molar-refractivity contribution in [2.24, 2.45) is 23.7 Å². The van der Waals surface area contributed by atoms with Crippen molar-refractivity contribution in [1.82, 2.24) is 0 Å². The molecule has 2 aliphatic carbocycles. The summed E-state index contributed by atoms with van der Waals surface area (Å²) >= 11 is 0. The summed E-state index contributed by atoms with van der Waals surface area (Å²) < 4.78 is 5.84. The summed E-state index contributed by atoms with van der Waals surface area (Å²) in [5.74, 6) is 3.64. The summed E-state index contributed by atoms with van der Waals surface area (Å²) in [5, 5.41) is 0. The Hall–Kier alpha value is -0.560. The van der Waals surface area contributed by atoms with Crippen LogP contribution in [0.4, 0.5) is 0 Å². The average Bonchev–Trinajstić information content (AvgIpc) is 2.81. The first-order valence-corrected chi connectivity index (χ1v) is 14.2. The van der Waals surface area contributed by atoms with Gasteiger partial charge in [-0.05, 0) is 75.0 Å². The smallest absolute Gasteiger partial charge is 0.0651 e. The summed E-state index contributed by atoms with van der Waals surface area (Å²) in [4.78, 5) is 0. The topological polar surface area (TPSA) is 9.23 Å². The predicted octanol–water partition coefficient (Wildman–Crippen LogP) is 9.67. The van der Waals surface area contributed by atoms with Crippen LogP contribution >= 0.6 is 0 Å². The van der Waals surface area contributed by atoms with Crippen LogP contribution in [0.15, 0.2) is 24.3 Å². The van der Waals surface area contributed by atoms with Gasteiger partial charge in [0.25, 0.3) is 0 Å². The molecule has 0 N–H and O–H groups in total. The van der Waals surface area contributed by atoms with E-state index in [1.807, 2.05) is 0 Å². The quantitative estimate of drug-likeness (QED) is 0.175. The molecule has 0 saturated heterocycles. The molecule has 180 valence electrons. The first kappa shape index (κ1) is 26.7. The molecule has 2 fully saturated rings. The van der Waals surface area contributed by atoms with Gasteiger partial charge < -0.3 is 4.74 Å². The second kappa shape index (κ2) is 17.9. The Morgan fingerprint density at radius 3 is 1.35 bits per heavy atom. The molecule has 0 aromatic heterocycles. The van der Waals surface area contributed by atoms with Gasteiger partial charge in [0.15, 0.2) is 0 Å². The Morgan fingerprint density at radius 2 is 0.968 bits per heavy atom. The highest BCUT2D eigenvalue weighted by atomic mass is 16.5. The number of hydrogen-bond acceptors (Lipinski definition) is 1. The fourth-order valence-corrected chi connectivity index (χ4v) is 5.76. The average molecular weight is 431 g/mol. The van der Waals surface area contributed by atoms with Gasteiger partial charge >= 0.3 is 0 Å². The summed E-state index contributed by atoms with van der Waals surface area (Å²) in [7, 11) is 0. The minimum absolute atomic E-state index is 0.784. The highest BCUT2D eigenvalue weighted by Gasteiger charge is 2.19. The first-order valence-electron chi connectivity index (χ1n) is 14.2. The molecular weight excluding hydrogens is 376 g/mol. The summed E-state index contributed by atoms with van der Waals surface area (Å²) in [6.45, 7) is 6.18. The molecule has 0 amide bonds. The third-order valence-electron chi connectivity index (χ3n) is 7.96. The monoisotopic (exact) mass is 430 g/mol. The molecule has 0 aromatic rings. The SMILES string of the molecule is CCCCCCC1CCC(C=CCOCC=CC2CCC(CCCCCC)CC2)CC1. The van der Waals surface area contributed by atoms with Gasteiger partial charge in [0.2, 0.25) is 0 Å². The van der Waals surface area contributed by atoms with Gasteiger partial charge in [-0.25, -0.2) is 0 Å². The third-order valence-corrected chi connectivity index (χ3v) is 7.96. The molecule has 1 nitrogen and oxygen atoms in total. The van der Waals surface area contributed by atoms with E-state index in [2.05, 4.69) is 38.2 Å². The Balaban J connectivity index is 1.43. The maximum absolute atomic E-state index is 5.84. The zero-order chi connectivity index (χ0) is 22.0. The van der Waals surface area contributed by atoms with E-state index in [4.69, 9.17) is 4.74 Å². The Bertz CT molecular complexity index is 407. The van der Waals surface area contributed by atoms with Crippen LogP contribution in [0.5, 0.6) is 0 Å². The lowest BCUT2D eigenvalue weighted by Gasteiger charge is -2.26. The van der Waals surface area contributed by atoms with Crippen molar-refractivity contribution in [1.29, 1.82) is 0 Å². The van der Waals surface area contributed by atoms with Crippen LogP contribution < -0.4 is 0 Å². The van der Waals surface area contributed by atoms with E-state index in [0.717, 1.165) is 36.9 Å². The minimum Gasteiger partial charge on any atom is -0.373 e. The maximum atomic E-state index is 5.84. The Labute approximate surface area is 195 Å². The number of rotatable bonds is 16. The summed E-state index contributed by atoms with van der Waals surface area (Å²) in [6, 6.07) is 0. The van der Waals surface area contributed by atoms with E-state index < -0.39 is 0 Å². The van der Waals surface area contributed by atoms with E-state index in [1.54, 1.807) is 0 Å². The molecule has 0 aliphatic heterocycles. The minimum atomic E-state index is 0.784. The fourth-order valence-electron chi connectivity index (χ4n) is 5.76. The van der Waals surface area contributed by atoms with E-state index in [0.29, 0.717) is 0 Å². The standard InChI is InChI=1S/C30H54O/c1-3-5-7-9-13-27-17-21-29(22-18-27)15-11-25-31-26-12-16-30-23-19-28(20-24-30)14-10-8-6-4-2/h11-12,15-16,27-30H,3-10,13-14,17-26H2,1-2H3. The molecule has 0 bridgehead atoms. The van der Waals surface area contributed by atoms with E-state index in [9.17, 15) is 0 Å². The van der Waals surface area contributed by atoms with E-state index >= 15 is 0 Å². The van der Waals surface area contributed by atoms with Gasteiger partial charge in [-0.15, -0.1) is 0 Å². The molecule has 2 saturated carbocycles. The molecule has 2 rings (SSSR count). The predicted molar refractivity (Wildman–Crippen MR) is 138 cm³/mol. The van der Waals surface area contributed by atoms with Gasteiger partial charge in [-0.3, -0.25) is 0 Å². The van der Waals surface area contributed by atoms with Gasteiger partial charge in [0, 0.05) is 0 Å². The zero-order valence-electron chi connectivity index (χ0n) is 21.2. The number of hydrogen-bond donors (Lipinski definition) is 0. The lowest BCUT2D eigenvalue weighted by atomic mass is 9.79. The molecule has 0 radical (unpaired) electrons. The molecule has 31 heavy (non-hydrogen) atoms. The summed E-state index contributed by atoms with van der Waals surface area (Å²) in [6.07, 6.45) is 35.2. The van der Waals surface area contributed by atoms with Gasteiger partial charge in [0.1, 0.15) is 0 Å². The zero-order valence-corrected chi connectivity index (χ0v) is 21.2. The Morgan fingerprint density at radius 1 is 0.548 bits per heavy atom. The molecule has 2 aliphatic rings. The van der Waals surface area contributed by atoms with E-state index in [-0.39, 0.29) is 0 Å². The largest absolute Gasteiger partial charge is 0.373 e. The second-order valence-corrected chi connectivity index (χ2v) is 10.7. The van der Waals surface area contributed by atoms with Crippen LogP contribution in [0.2, 0.25) is 0 Å². The maximum Gasteiger partial charge on any atom is 0.0651 e. The van der Waals surface area contributed by atoms with Crippen molar-refractivity contribution in [2.45, 2.75) is 129 Å². The molecule has 0 heterocycles. The highest BCUT2D eigenvalue weighted by Crippen LogP contribution is 2.33. The van der Waals surface area contributed by atoms with Crippen molar-refractivity contribution in [2.75, 3.05) is 13.2 Å². The van der Waals surface area contributed by atoms with Crippen LogP contribution in [0.3, 0.4) is 0 Å². The van der Waals surface area contributed by atoms with Crippen LogP contribution in [-0.2, 0) is 4.74 Å². The first-order chi connectivity index (χ1) is 15.3. The molecule has 0 atom stereocenters. The van der Waals surface area contributed by atoms with Crippen molar-refractivity contribution >= 4 is 0 Å². The van der Waals surface area contributed by atoms with E-state index in [1.165, 1.54) is 116 Å². The number of unbranched alkanes of at least 4 members (excludes halogenated alkanes) is 6. The lowest BCUT2D eigenvalue weighted by molar-refractivity contribution is 0.192. The highest BCUT2D eigenvalue weighted by molar-refractivity contribution is 4.93. The van der Waals surface area contributed by atoms with Gasteiger partial charge in [-0.2, -0.15) is 0 Å². The van der Waals surface area contributed by atoms with Gasteiger partial charge in [0.05, 0.1) is 13.2 Å². The Kier molecular flexibility index (Phi) is 15.4. The molecule has 0 spiro atoms. The molecule has 1 heteroatoms. The molecule has 0 aromatic carbocycles. The number of ether oxygens (including phenoxy) is 1. The van der Waals surface area contributed by atoms with Crippen molar-refractivity contribution in [3.63, 3.8) is 0 Å². The van der Waals surface area contributed by atoms with Crippen LogP contribution in [0.25, 0.3) is 0 Å². The van der Waals surface area contributed by atoms with Crippen LogP contribution in [0, 0.1) is 23.7 Å².